The third kappa shape index (κ3) is 10.3. The van der Waals surface area contributed by atoms with Crippen LogP contribution in [-0.4, -0.2) is 116 Å². The molecule has 2 saturated carbocycles. The van der Waals surface area contributed by atoms with E-state index < -0.39 is 139 Å². The lowest BCUT2D eigenvalue weighted by Gasteiger charge is -2.67. The van der Waals surface area contributed by atoms with Gasteiger partial charge in [0.1, 0.15) is 35.8 Å². The molecule has 4 aromatic carbocycles. The Kier molecular flexibility index (Phi) is 15.4. The number of amides is 1. The highest BCUT2D eigenvalue weighted by Crippen LogP contribution is 2.65. The number of Topliss-reactive ketones (excluding diaryl/α,β-unsaturated/α-hetero) is 1. The number of ether oxygens (including phenoxy) is 6. The Balaban J connectivity index is 1.29. The first kappa shape index (κ1) is 55.2. The van der Waals surface area contributed by atoms with Crippen molar-refractivity contribution < 1.29 is 91.1 Å². The molecule has 8 rings (SSSR count). The minimum atomic E-state index is -5.13. The van der Waals surface area contributed by atoms with E-state index in [-0.39, 0.29) is 40.0 Å². The molecule has 11 atom stereocenters. The Morgan fingerprint density at radius 1 is 0.789 bits per heavy atom. The van der Waals surface area contributed by atoms with Crippen LogP contribution in [0.15, 0.2) is 126 Å². The third-order valence-corrected chi connectivity index (χ3v) is 15.7. The molecule has 402 valence electrons. The number of phosphoric ester groups is 1. The van der Waals surface area contributed by atoms with Gasteiger partial charge in [0.15, 0.2) is 23.6 Å². The van der Waals surface area contributed by atoms with Crippen molar-refractivity contribution in [1.82, 2.24) is 5.32 Å². The Labute approximate surface area is 436 Å². The number of hydrogen-bond donors (Lipinski definition) is 5. The molecule has 20 nitrogen and oxygen atoms in total. The molecular weight excluding hydrogens is 1010 g/mol. The molecule has 3 fully saturated rings. The van der Waals surface area contributed by atoms with E-state index in [2.05, 4.69) is 5.32 Å². The molecule has 21 heteroatoms. The van der Waals surface area contributed by atoms with Crippen LogP contribution >= 0.6 is 7.82 Å². The Bertz CT molecular complexity index is 3000. The summed E-state index contributed by atoms with van der Waals surface area (Å²) in [5, 5.41) is 28.7. The fourth-order valence-electron chi connectivity index (χ4n) is 11.6. The van der Waals surface area contributed by atoms with E-state index in [1.807, 2.05) is 0 Å². The van der Waals surface area contributed by atoms with Crippen LogP contribution in [0.25, 0.3) is 0 Å². The maximum absolute atomic E-state index is 16.3. The molecule has 0 radical (unpaired) electrons. The molecule has 2 bridgehead atoms. The first-order chi connectivity index (χ1) is 35.8. The zero-order valence-corrected chi connectivity index (χ0v) is 43.2. The zero-order valence-electron chi connectivity index (χ0n) is 42.3. The highest BCUT2D eigenvalue weighted by molar-refractivity contribution is 7.46. The molecule has 1 aliphatic heterocycles. The molecule has 5 N–H and O–H groups in total. The summed E-state index contributed by atoms with van der Waals surface area (Å²) in [7, 11) is -5.13. The topological polar surface area (TPSA) is 294 Å². The number of carbonyl (C=O) groups is 7. The van der Waals surface area contributed by atoms with Crippen molar-refractivity contribution in [2.24, 2.45) is 16.7 Å². The number of para-hydroxylation sites is 1. The lowest BCUT2D eigenvalue weighted by Crippen LogP contribution is -2.82. The predicted octanol–water partition coefficient (Wildman–Crippen LogP) is 5.00. The first-order valence-corrected chi connectivity index (χ1v) is 25.9. The fourth-order valence-corrected chi connectivity index (χ4v) is 12.0. The van der Waals surface area contributed by atoms with Gasteiger partial charge in [0.25, 0.3) is 5.91 Å². The Hall–Kier alpha value is -7.06. The van der Waals surface area contributed by atoms with Gasteiger partial charge >= 0.3 is 37.7 Å². The second kappa shape index (κ2) is 21.2. The van der Waals surface area contributed by atoms with Crippen LogP contribution in [-0.2, 0) is 63.4 Å². The summed E-state index contributed by atoms with van der Waals surface area (Å²) >= 11 is 0. The number of rotatable bonds is 15. The van der Waals surface area contributed by atoms with Gasteiger partial charge < -0.3 is 48.5 Å². The number of esters is 5. The van der Waals surface area contributed by atoms with E-state index in [0.29, 0.717) is 5.56 Å². The molecule has 76 heavy (non-hydrogen) atoms. The van der Waals surface area contributed by atoms with Gasteiger partial charge in [-0.1, -0.05) is 98.8 Å². The van der Waals surface area contributed by atoms with Gasteiger partial charge in [-0.15, -0.1) is 0 Å². The van der Waals surface area contributed by atoms with E-state index >= 15 is 4.79 Å². The standard InChI is InChI=1S/C55H58NO19P/c1-30-38(71-51(64)44(60)43(33-18-10-7-11-19-33)56-49(62)34-20-12-8-13-21-34)28-55(65)48(73-50(63)35-22-14-9-15-23-35)46-53(6,47(61)45(70-31(2)57)42(30)52(55,4)5)39(27-40-54(46,29-69-40)74-32(3)58)72-41(59)26-36-24-16-17-25-37(36)75-76(66,67)68/h7-25,38-40,43-46,48,60,65H,26-29H2,1-6H3,(H,56,62)(H2,66,67,68)/t38-,39-,40+,43-,44+,45+,46-,48-,53+,54-,55+/m0/s1. The van der Waals surface area contributed by atoms with Crippen LogP contribution in [0.2, 0.25) is 0 Å². The van der Waals surface area contributed by atoms with E-state index in [1.54, 1.807) is 66.7 Å². The number of ketones is 1. The van der Waals surface area contributed by atoms with E-state index in [9.17, 15) is 53.3 Å². The second-order valence-electron chi connectivity index (χ2n) is 20.2. The minimum Gasteiger partial charge on any atom is -0.461 e. The molecule has 1 heterocycles. The average Bonchev–Trinajstić information content (AvgIpc) is 3.51. The number of aliphatic hydroxyl groups is 2. The molecule has 0 aromatic heterocycles. The first-order valence-electron chi connectivity index (χ1n) is 24.4. The van der Waals surface area contributed by atoms with Gasteiger partial charge in [0, 0.05) is 43.2 Å². The van der Waals surface area contributed by atoms with Gasteiger partial charge in [-0.3, -0.25) is 33.8 Å². The van der Waals surface area contributed by atoms with Crippen molar-refractivity contribution in [2.75, 3.05) is 6.61 Å². The number of nitrogens with one attached hydrogen (secondary N) is 1. The Morgan fingerprint density at radius 3 is 1.96 bits per heavy atom. The second-order valence-corrected chi connectivity index (χ2v) is 21.3. The van der Waals surface area contributed by atoms with Crippen molar-refractivity contribution >= 4 is 49.4 Å². The molecular formula is C55H58NO19P. The van der Waals surface area contributed by atoms with Crippen LogP contribution in [0.5, 0.6) is 5.75 Å². The summed E-state index contributed by atoms with van der Waals surface area (Å²) in [4.78, 5) is 119. The summed E-state index contributed by atoms with van der Waals surface area (Å²) in [5.41, 5.74) is -8.20. The van der Waals surface area contributed by atoms with Crippen molar-refractivity contribution in [2.45, 2.75) is 115 Å². The average molecular weight is 1070 g/mol. The predicted molar refractivity (Wildman–Crippen MR) is 264 cm³/mol. The maximum atomic E-state index is 16.3. The van der Waals surface area contributed by atoms with Gasteiger partial charge in [-0.05, 0) is 60.9 Å². The normalized spacial score (nSPS) is 28.2. The molecule has 4 aromatic rings. The van der Waals surface area contributed by atoms with Crippen molar-refractivity contribution in [1.29, 1.82) is 0 Å². The quantitative estimate of drug-likeness (QED) is 0.0453. The third-order valence-electron chi connectivity index (χ3n) is 15.2. The lowest BCUT2D eigenvalue weighted by atomic mass is 9.44. The fraction of sp³-hybridized carbons (Fsp3) is 0.400. The molecule has 1 amide bonds. The van der Waals surface area contributed by atoms with Gasteiger partial charge in [-0.25, -0.2) is 14.2 Å². The number of benzene rings is 4. The molecule has 0 spiro atoms. The highest BCUT2D eigenvalue weighted by atomic mass is 31.2. The SMILES string of the molecule is CC(=O)O[C@H]1C(=O)[C@]2(C)[C@@H](OC(=O)Cc3ccccc3OP(=O)(O)O)C[C@H]3OC[C@@]3(OC(C)=O)[C@H]2[C@H](OC(=O)c2ccccc2)[C@]2(O)C[C@H](OC(=O)[C@H](O)[C@@H](NC(=O)c3ccccc3)c3ccccc3)C(C)=C1C2(C)C. The maximum Gasteiger partial charge on any atom is 0.524 e. The zero-order chi connectivity index (χ0) is 55.1. The molecule has 4 aliphatic rings. The van der Waals surface area contributed by atoms with E-state index in [0.717, 1.165) is 13.8 Å². The van der Waals surface area contributed by atoms with Crippen LogP contribution in [0.3, 0.4) is 0 Å². The monoisotopic (exact) mass is 1070 g/mol. The largest absolute Gasteiger partial charge is 0.524 e. The highest BCUT2D eigenvalue weighted by Gasteiger charge is 2.79. The summed E-state index contributed by atoms with van der Waals surface area (Å²) in [5.74, 6) is -9.01. The number of fused-ring (bicyclic) bond motifs is 5. The number of aliphatic hydroxyl groups excluding tert-OH is 1. The molecule has 3 aliphatic carbocycles. The van der Waals surface area contributed by atoms with E-state index in [4.69, 9.17) is 32.9 Å². The lowest BCUT2D eigenvalue weighted by molar-refractivity contribution is -0.346. The minimum absolute atomic E-state index is 0.0203. The van der Waals surface area contributed by atoms with Crippen molar-refractivity contribution in [3.05, 3.63) is 149 Å². The number of carbonyl (C=O) groups excluding carboxylic acids is 7. The number of phosphoric acid groups is 1. The van der Waals surface area contributed by atoms with E-state index in [1.165, 1.54) is 76.2 Å². The summed E-state index contributed by atoms with van der Waals surface area (Å²) < 4.78 is 53.9. The van der Waals surface area contributed by atoms with Crippen molar-refractivity contribution in [3.8, 4) is 5.75 Å². The summed E-state index contributed by atoms with van der Waals surface area (Å²) in [6.45, 7) is 7.49. The van der Waals surface area contributed by atoms with Gasteiger partial charge in [0.05, 0.1) is 36.0 Å². The summed E-state index contributed by atoms with van der Waals surface area (Å²) in [6, 6.07) is 27.8. The molecule has 0 unspecified atom stereocenters. The van der Waals surface area contributed by atoms with Crippen LogP contribution in [0.4, 0.5) is 0 Å². The van der Waals surface area contributed by atoms with Crippen LogP contribution in [0, 0.1) is 16.7 Å². The summed E-state index contributed by atoms with van der Waals surface area (Å²) in [6.07, 6.45) is -12.3. The molecule has 1 saturated heterocycles. The number of hydrogen-bond acceptors (Lipinski definition) is 17. The van der Waals surface area contributed by atoms with Crippen molar-refractivity contribution in [3.63, 3.8) is 0 Å². The van der Waals surface area contributed by atoms with Gasteiger partial charge in [0.2, 0.25) is 0 Å². The van der Waals surface area contributed by atoms with Crippen LogP contribution in [0.1, 0.15) is 92.3 Å². The Morgan fingerprint density at radius 2 is 1.38 bits per heavy atom. The van der Waals surface area contributed by atoms with Gasteiger partial charge in [-0.2, -0.15) is 0 Å². The smallest absolute Gasteiger partial charge is 0.461 e. The van der Waals surface area contributed by atoms with Crippen LogP contribution < -0.4 is 9.84 Å².